The maximum Gasteiger partial charge on any atom is 0.181 e. The smallest absolute Gasteiger partial charge is 0.181 e. The van der Waals surface area contributed by atoms with Crippen LogP contribution < -0.4 is 15.2 Å². The zero-order chi connectivity index (χ0) is 14.4. The largest absolute Gasteiger partial charge is 0.493 e. The molecule has 0 aliphatic carbocycles. The van der Waals surface area contributed by atoms with Crippen molar-refractivity contribution in [3.63, 3.8) is 0 Å². The second-order valence-corrected chi connectivity index (χ2v) is 5.22. The number of hydrogen-bond acceptors (Lipinski definition) is 4. The number of nitriles is 1. The van der Waals surface area contributed by atoms with Crippen molar-refractivity contribution < 1.29 is 9.47 Å². The van der Waals surface area contributed by atoms with Gasteiger partial charge in [-0.1, -0.05) is 6.92 Å². The number of benzene rings is 1. The Hall–Kier alpha value is -1.25. The van der Waals surface area contributed by atoms with Crippen molar-refractivity contribution in [1.29, 1.82) is 5.26 Å². The lowest BCUT2D eigenvalue weighted by Crippen LogP contribution is -2.21. The summed E-state index contributed by atoms with van der Waals surface area (Å²) in [6, 6.07) is 6.01. The van der Waals surface area contributed by atoms with Crippen molar-refractivity contribution in [2.75, 3.05) is 7.11 Å². The van der Waals surface area contributed by atoms with Gasteiger partial charge in [-0.3, -0.25) is 0 Å². The summed E-state index contributed by atoms with van der Waals surface area (Å²) in [5, 5.41) is 8.81. The van der Waals surface area contributed by atoms with Crippen LogP contribution in [0.25, 0.3) is 0 Å². The van der Waals surface area contributed by atoms with Crippen LogP contribution in [0.2, 0.25) is 0 Å². The molecule has 1 rings (SSSR count). The topological polar surface area (TPSA) is 68.3 Å². The second-order valence-electron chi connectivity index (χ2n) is 4.37. The molecule has 0 aliphatic heterocycles. The highest BCUT2D eigenvalue weighted by Gasteiger charge is 2.15. The third kappa shape index (κ3) is 4.41. The molecule has 2 N–H and O–H groups in total. The summed E-state index contributed by atoms with van der Waals surface area (Å²) in [6.45, 7) is 3.75. The number of halogens is 1. The van der Waals surface area contributed by atoms with Crippen molar-refractivity contribution in [2.45, 2.75) is 38.8 Å². The van der Waals surface area contributed by atoms with Crippen LogP contribution in [0.1, 0.15) is 25.8 Å². The molecule has 19 heavy (non-hydrogen) atoms. The van der Waals surface area contributed by atoms with E-state index in [2.05, 4.69) is 22.9 Å². The van der Waals surface area contributed by atoms with E-state index in [1.807, 2.05) is 18.2 Å². The van der Waals surface area contributed by atoms with Crippen LogP contribution in [-0.2, 0) is 6.42 Å². The zero-order valence-electron chi connectivity index (χ0n) is 11.4. The maximum atomic E-state index is 8.81. The summed E-state index contributed by atoms with van der Waals surface area (Å²) in [5.41, 5.74) is 7.04. The predicted octanol–water partition coefficient (Wildman–Crippen LogP) is 3.03. The summed E-state index contributed by atoms with van der Waals surface area (Å²) in [6.07, 6.45) is 1.16. The number of methoxy groups -OCH3 is 1. The molecule has 0 fully saturated rings. The SMILES string of the molecule is CCC(N)Cc1cc(Br)c(OC(C)C#N)c(OC)c1. The highest BCUT2D eigenvalue weighted by atomic mass is 79.9. The number of hydrogen-bond donors (Lipinski definition) is 1. The van der Waals surface area contributed by atoms with Gasteiger partial charge in [0, 0.05) is 6.04 Å². The normalized spacial score (nSPS) is 13.5. The first kappa shape index (κ1) is 15.8. The maximum absolute atomic E-state index is 8.81. The van der Waals surface area contributed by atoms with Crippen molar-refractivity contribution in [3.05, 3.63) is 22.2 Å². The lowest BCUT2D eigenvalue weighted by Gasteiger charge is -2.16. The first-order valence-electron chi connectivity index (χ1n) is 6.20. The Morgan fingerprint density at radius 2 is 2.16 bits per heavy atom. The average molecular weight is 327 g/mol. The van der Waals surface area contributed by atoms with E-state index in [1.54, 1.807) is 14.0 Å². The van der Waals surface area contributed by atoms with E-state index in [-0.39, 0.29) is 6.04 Å². The second kappa shape index (κ2) is 7.37. The first-order chi connectivity index (χ1) is 9.01. The van der Waals surface area contributed by atoms with Crippen LogP contribution in [-0.4, -0.2) is 19.3 Å². The molecular weight excluding hydrogens is 308 g/mol. The van der Waals surface area contributed by atoms with E-state index in [1.165, 1.54) is 0 Å². The Kier molecular flexibility index (Phi) is 6.13. The van der Waals surface area contributed by atoms with E-state index < -0.39 is 6.10 Å². The summed E-state index contributed by atoms with van der Waals surface area (Å²) in [5.74, 6) is 1.15. The molecule has 2 unspecified atom stereocenters. The van der Waals surface area contributed by atoms with Gasteiger partial charge >= 0.3 is 0 Å². The summed E-state index contributed by atoms with van der Waals surface area (Å²) in [7, 11) is 1.58. The van der Waals surface area contributed by atoms with Gasteiger partial charge in [0.1, 0.15) is 6.07 Å². The fourth-order valence-electron chi connectivity index (χ4n) is 1.66. The van der Waals surface area contributed by atoms with Crippen LogP contribution in [0, 0.1) is 11.3 Å². The van der Waals surface area contributed by atoms with Crippen molar-refractivity contribution in [3.8, 4) is 17.6 Å². The third-order valence-corrected chi connectivity index (χ3v) is 3.38. The van der Waals surface area contributed by atoms with E-state index in [9.17, 15) is 0 Å². The molecule has 0 saturated carbocycles. The van der Waals surface area contributed by atoms with E-state index in [0.717, 1.165) is 22.9 Å². The molecule has 0 heterocycles. The predicted molar refractivity (Wildman–Crippen MR) is 78.4 cm³/mol. The molecule has 5 heteroatoms. The zero-order valence-corrected chi connectivity index (χ0v) is 13.0. The van der Waals surface area contributed by atoms with Crippen LogP contribution in [0.15, 0.2) is 16.6 Å². The molecule has 1 aromatic carbocycles. The number of ether oxygens (including phenoxy) is 2. The molecule has 0 amide bonds. The first-order valence-corrected chi connectivity index (χ1v) is 6.99. The molecular formula is C14H19BrN2O2. The molecule has 0 saturated heterocycles. The fourth-order valence-corrected chi connectivity index (χ4v) is 2.24. The van der Waals surface area contributed by atoms with E-state index in [4.69, 9.17) is 20.5 Å². The van der Waals surface area contributed by atoms with Crippen LogP contribution in [0.4, 0.5) is 0 Å². The van der Waals surface area contributed by atoms with Crippen molar-refractivity contribution >= 4 is 15.9 Å². The van der Waals surface area contributed by atoms with Gasteiger partial charge in [0.15, 0.2) is 17.6 Å². The Morgan fingerprint density at radius 3 is 2.68 bits per heavy atom. The van der Waals surface area contributed by atoms with Gasteiger partial charge in [-0.25, -0.2) is 0 Å². The van der Waals surface area contributed by atoms with Crippen molar-refractivity contribution in [2.24, 2.45) is 5.73 Å². The summed E-state index contributed by atoms with van der Waals surface area (Å²) >= 11 is 3.45. The minimum Gasteiger partial charge on any atom is -0.493 e. The van der Waals surface area contributed by atoms with Gasteiger partial charge in [0.05, 0.1) is 11.6 Å². The summed E-state index contributed by atoms with van der Waals surface area (Å²) < 4.78 is 11.6. The highest BCUT2D eigenvalue weighted by Crippen LogP contribution is 2.37. The molecule has 1 aromatic rings. The minimum absolute atomic E-state index is 0.126. The lowest BCUT2D eigenvalue weighted by atomic mass is 10.0. The van der Waals surface area contributed by atoms with Gasteiger partial charge in [-0.15, -0.1) is 0 Å². The van der Waals surface area contributed by atoms with Crippen LogP contribution >= 0.6 is 15.9 Å². The molecule has 0 bridgehead atoms. The third-order valence-electron chi connectivity index (χ3n) is 2.79. The molecule has 4 nitrogen and oxygen atoms in total. The molecule has 0 spiro atoms. The Balaban J connectivity index is 3.04. The molecule has 0 aromatic heterocycles. The van der Waals surface area contributed by atoms with Gasteiger partial charge in [-0.2, -0.15) is 5.26 Å². The lowest BCUT2D eigenvalue weighted by molar-refractivity contribution is 0.258. The minimum atomic E-state index is -0.533. The molecule has 104 valence electrons. The number of nitrogens with zero attached hydrogens (tertiary/aromatic N) is 1. The quantitative estimate of drug-likeness (QED) is 0.872. The molecule has 0 radical (unpaired) electrons. The number of rotatable bonds is 6. The number of nitrogens with two attached hydrogens (primary N) is 1. The highest BCUT2D eigenvalue weighted by molar-refractivity contribution is 9.10. The molecule has 2 atom stereocenters. The van der Waals surface area contributed by atoms with E-state index in [0.29, 0.717) is 11.5 Å². The Morgan fingerprint density at radius 1 is 1.47 bits per heavy atom. The van der Waals surface area contributed by atoms with Crippen LogP contribution in [0.5, 0.6) is 11.5 Å². The standard InChI is InChI=1S/C14H19BrN2O2/c1-4-11(17)5-10-6-12(15)14(13(7-10)18-3)19-9(2)8-16/h6-7,9,11H,4-5,17H2,1-3H3. The van der Waals surface area contributed by atoms with Crippen LogP contribution in [0.3, 0.4) is 0 Å². The van der Waals surface area contributed by atoms with Gasteiger partial charge in [-0.05, 0) is 53.4 Å². The van der Waals surface area contributed by atoms with E-state index >= 15 is 0 Å². The Labute approximate surface area is 122 Å². The fraction of sp³-hybridized carbons (Fsp3) is 0.500. The van der Waals surface area contributed by atoms with Gasteiger partial charge < -0.3 is 15.2 Å². The average Bonchev–Trinajstić information content (AvgIpc) is 2.40. The Bertz CT molecular complexity index is 471. The van der Waals surface area contributed by atoms with Crippen molar-refractivity contribution in [1.82, 2.24) is 0 Å². The monoisotopic (exact) mass is 326 g/mol. The molecule has 0 aliphatic rings. The van der Waals surface area contributed by atoms with Gasteiger partial charge in [0.25, 0.3) is 0 Å². The van der Waals surface area contributed by atoms with Gasteiger partial charge in [0.2, 0.25) is 0 Å². The summed E-state index contributed by atoms with van der Waals surface area (Å²) in [4.78, 5) is 0.